The molecule has 1 aromatic carbocycles. The van der Waals surface area contributed by atoms with Crippen molar-refractivity contribution in [3.8, 4) is 0 Å². The van der Waals surface area contributed by atoms with Crippen LogP contribution in [0, 0.1) is 0 Å². The second kappa shape index (κ2) is 8.42. The maximum Gasteiger partial charge on any atom is 0.220 e. The number of nitrogens with one attached hydrogen (secondary N) is 1. The zero-order chi connectivity index (χ0) is 13.2. The number of carbonyl (C=O) groups is 2. The van der Waals surface area contributed by atoms with Crippen LogP contribution in [0.4, 0.5) is 0 Å². The normalized spacial score (nSPS) is 10.1. The molecular formula is C14H20N2O2. The van der Waals surface area contributed by atoms with Gasteiger partial charge in [-0.1, -0.05) is 30.3 Å². The van der Waals surface area contributed by atoms with E-state index in [1.165, 1.54) is 0 Å². The molecule has 0 saturated carbocycles. The van der Waals surface area contributed by atoms with E-state index in [9.17, 15) is 9.59 Å². The summed E-state index contributed by atoms with van der Waals surface area (Å²) in [7, 11) is 0. The Kier molecular flexibility index (Phi) is 6.72. The monoisotopic (exact) mass is 248 g/mol. The van der Waals surface area contributed by atoms with E-state index < -0.39 is 0 Å². The number of hydrogen-bond acceptors (Lipinski definition) is 3. The first kappa shape index (κ1) is 14.4. The Morgan fingerprint density at radius 3 is 2.44 bits per heavy atom. The van der Waals surface area contributed by atoms with Gasteiger partial charge in [-0.3, -0.25) is 9.59 Å². The number of amides is 1. The lowest BCUT2D eigenvalue weighted by Gasteiger charge is -2.04. The average Bonchev–Trinajstić information content (AvgIpc) is 2.40. The van der Waals surface area contributed by atoms with Crippen LogP contribution in [0.3, 0.4) is 0 Å². The van der Waals surface area contributed by atoms with Crippen molar-refractivity contribution < 1.29 is 9.59 Å². The molecule has 0 unspecified atom stereocenters. The van der Waals surface area contributed by atoms with Crippen LogP contribution in [0.2, 0.25) is 0 Å². The van der Waals surface area contributed by atoms with Gasteiger partial charge in [-0.15, -0.1) is 0 Å². The average molecular weight is 248 g/mol. The number of Topliss-reactive ketones (excluding diaryl/α,β-unsaturated/α-hetero) is 1. The molecule has 0 radical (unpaired) electrons. The van der Waals surface area contributed by atoms with Gasteiger partial charge in [0.25, 0.3) is 0 Å². The Balaban J connectivity index is 2.18. The third kappa shape index (κ3) is 5.59. The number of nitrogens with two attached hydrogens (primary N) is 1. The quantitative estimate of drug-likeness (QED) is 0.541. The highest BCUT2D eigenvalue weighted by Gasteiger charge is 2.06. The topological polar surface area (TPSA) is 72.2 Å². The third-order valence-electron chi connectivity index (χ3n) is 2.61. The van der Waals surface area contributed by atoms with Crippen LogP contribution in [-0.4, -0.2) is 24.8 Å². The number of rotatable bonds is 8. The maximum atomic E-state index is 11.7. The summed E-state index contributed by atoms with van der Waals surface area (Å²) in [6.45, 7) is 1.19. The molecule has 0 saturated heterocycles. The zero-order valence-corrected chi connectivity index (χ0v) is 10.5. The molecule has 1 aromatic rings. The molecule has 0 aromatic heterocycles. The van der Waals surface area contributed by atoms with E-state index in [1.54, 1.807) is 12.1 Å². The summed E-state index contributed by atoms with van der Waals surface area (Å²) in [4.78, 5) is 23.1. The van der Waals surface area contributed by atoms with Crippen LogP contribution in [0.5, 0.6) is 0 Å². The highest BCUT2D eigenvalue weighted by atomic mass is 16.1. The van der Waals surface area contributed by atoms with E-state index in [2.05, 4.69) is 5.32 Å². The van der Waals surface area contributed by atoms with Gasteiger partial charge >= 0.3 is 0 Å². The molecular weight excluding hydrogens is 228 g/mol. The first-order valence-corrected chi connectivity index (χ1v) is 6.29. The molecule has 0 bridgehead atoms. The molecule has 4 heteroatoms. The van der Waals surface area contributed by atoms with E-state index in [0.717, 1.165) is 6.42 Å². The number of ketones is 1. The molecule has 0 aliphatic rings. The zero-order valence-electron chi connectivity index (χ0n) is 10.5. The van der Waals surface area contributed by atoms with Crippen molar-refractivity contribution in [2.75, 3.05) is 13.1 Å². The van der Waals surface area contributed by atoms with Crippen molar-refractivity contribution >= 4 is 11.7 Å². The smallest absolute Gasteiger partial charge is 0.220 e. The van der Waals surface area contributed by atoms with Crippen LogP contribution in [0.15, 0.2) is 30.3 Å². The first-order valence-electron chi connectivity index (χ1n) is 6.29. The van der Waals surface area contributed by atoms with Gasteiger partial charge in [-0.25, -0.2) is 0 Å². The fourth-order valence-electron chi connectivity index (χ4n) is 1.60. The second-order valence-electron chi connectivity index (χ2n) is 4.13. The van der Waals surface area contributed by atoms with E-state index in [-0.39, 0.29) is 11.7 Å². The Hall–Kier alpha value is -1.68. The second-order valence-corrected chi connectivity index (χ2v) is 4.13. The minimum atomic E-state index is -0.00990. The van der Waals surface area contributed by atoms with Crippen molar-refractivity contribution in [2.45, 2.75) is 25.7 Å². The predicted octanol–water partition coefficient (Wildman–Crippen LogP) is 1.50. The van der Waals surface area contributed by atoms with Crippen molar-refractivity contribution in [1.29, 1.82) is 0 Å². The van der Waals surface area contributed by atoms with Crippen LogP contribution in [0.25, 0.3) is 0 Å². The highest BCUT2D eigenvalue weighted by Crippen LogP contribution is 2.06. The summed E-state index contributed by atoms with van der Waals surface area (Å²) in [5.74, 6) is 0.0784. The predicted molar refractivity (Wildman–Crippen MR) is 71.3 cm³/mol. The summed E-state index contributed by atoms with van der Waals surface area (Å²) < 4.78 is 0. The van der Waals surface area contributed by atoms with Gasteiger partial charge < -0.3 is 11.1 Å². The van der Waals surface area contributed by atoms with Crippen LogP contribution >= 0.6 is 0 Å². The van der Waals surface area contributed by atoms with Crippen molar-refractivity contribution in [1.82, 2.24) is 5.32 Å². The molecule has 3 N–H and O–H groups in total. The Bertz CT molecular complexity index is 377. The van der Waals surface area contributed by atoms with Crippen molar-refractivity contribution in [2.24, 2.45) is 5.73 Å². The van der Waals surface area contributed by atoms with E-state index >= 15 is 0 Å². The largest absolute Gasteiger partial charge is 0.356 e. The summed E-state index contributed by atoms with van der Waals surface area (Å²) in [6, 6.07) is 9.15. The van der Waals surface area contributed by atoms with Crippen LogP contribution < -0.4 is 11.1 Å². The SMILES string of the molecule is NCCCNC(=O)CCCC(=O)c1ccccc1. The fourth-order valence-corrected chi connectivity index (χ4v) is 1.60. The lowest BCUT2D eigenvalue weighted by atomic mass is 10.1. The molecule has 0 heterocycles. The molecule has 0 atom stereocenters. The molecule has 4 nitrogen and oxygen atoms in total. The molecule has 0 aliphatic heterocycles. The Morgan fingerprint density at radius 2 is 1.78 bits per heavy atom. The summed E-state index contributed by atoms with van der Waals surface area (Å²) in [6.07, 6.45) is 2.17. The van der Waals surface area contributed by atoms with Crippen LogP contribution in [0.1, 0.15) is 36.0 Å². The molecule has 0 aliphatic carbocycles. The molecule has 1 rings (SSSR count). The van der Waals surface area contributed by atoms with Crippen molar-refractivity contribution in [3.63, 3.8) is 0 Å². The lowest BCUT2D eigenvalue weighted by molar-refractivity contribution is -0.121. The maximum absolute atomic E-state index is 11.7. The molecule has 1 amide bonds. The number of carbonyl (C=O) groups excluding carboxylic acids is 2. The van der Waals surface area contributed by atoms with Gasteiger partial charge in [-0.05, 0) is 19.4 Å². The minimum absolute atomic E-state index is 0.00990. The van der Waals surface area contributed by atoms with E-state index in [4.69, 9.17) is 5.73 Å². The summed E-state index contributed by atoms with van der Waals surface area (Å²) in [5, 5.41) is 2.77. The molecule has 0 spiro atoms. The van der Waals surface area contributed by atoms with Gasteiger partial charge in [0.1, 0.15) is 0 Å². The highest BCUT2D eigenvalue weighted by molar-refractivity contribution is 5.96. The number of benzene rings is 1. The van der Waals surface area contributed by atoms with E-state index in [0.29, 0.717) is 37.9 Å². The van der Waals surface area contributed by atoms with Crippen molar-refractivity contribution in [3.05, 3.63) is 35.9 Å². The van der Waals surface area contributed by atoms with Gasteiger partial charge in [0.15, 0.2) is 5.78 Å². The molecule has 98 valence electrons. The fraction of sp³-hybridized carbons (Fsp3) is 0.429. The first-order chi connectivity index (χ1) is 8.74. The van der Waals surface area contributed by atoms with Gasteiger partial charge in [0.05, 0.1) is 0 Å². The summed E-state index contributed by atoms with van der Waals surface area (Å²) >= 11 is 0. The molecule has 0 fully saturated rings. The Morgan fingerprint density at radius 1 is 1.06 bits per heavy atom. The molecule has 18 heavy (non-hydrogen) atoms. The van der Waals surface area contributed by atoms with Gasteiger partial charge in [0.2, 0.25) is 5.91 Å². The van der Waals surface area contributed by atoms with Crippen LogP contribution in [-0.2, 0) is 4.79 Å². The lowest BCUT2D eigenvalue weighted by Crippen LogP contribution is -2.25. The van der Waals surface area contributed by atoms with E-state index in [1.807, 2.05) is 18.2 Å². The standard InChI is InChI=1S/C14H20N2O2/c15-10-5-11-16-14(18)9-4-8-13(17)12-6-2-1-3-7-12/h1-3,6-7H,4-5,8-11,15H2,(H,16,18). The Labute approximate surface area is 108 Å². The third-order valence-corrected chi connectivity index (χ3v) is 2.61. The number of hydrogen-bond donors (Lipinski definition) is 2. The van der Waals surface area contributed by atoms with Gasteiger partial charge in [-0.2, -0.15) is 0 Å². The minimum Gasteiger partial charge on any atom is -0.356 e. The van der Waals surface area contributed by atoms with Gasteiger partial charge in [0, 0.05) is 24.9 Å². The summed E-state index contributed by atoms with van der Waals surface area (Å²) in [5.41, 5.74) is 6.03.